The van der Waals surface area contributed by atoms with E-state index in [4.69, 9.17) is 14.2 Å². The first-order valence-electron chi connectivity index (χ1n) is 9.33. The van der Waals surface area contributed by atoms with Crippen molar-refractivity contribution in [2.75, 3.05) is 27.4 Å². The summed E-state index contributed by atoms with van der Waals surface area (Å²) in [6, 6.07) is 14.7. The fourth-order valence-corrected chi connectivity index (χ4v) is 3.21. The summed E-state index contributed by atoms with van der Waals surface area (Å²) in [6.45, 7) is 4.27. The average Bonchev–Trinajstić information content (AvgIpc) is 3.52. The summed E-state index contributed by atoms with van der Waals surface area (Å²) in [4.78, 5) is 0. The van der Waals surface area contributed by atoms with Gasteiger partial charge in [-0.05, 0) is 48.9 Å². The summed E-state index contributed by atoms with van der Waals surface area (Å²) < 4.78 is 17.0. The number of rotatable bonds is 10. The second-order valence-corrected chi connectivity index (χ2v) is 6.83. The Morgan fingerprint density at radius 2 is 1.67 bits per heavy atom. The molecule has 0 aromatic heterocycles. The van der Waals surface area contributed by atoms with Crippen LogP contribution in [0.3, 0.4) is 0 Å². The second kappa shape index (κ2) is 10.5. The van der Waals surface area contributed by atoms with Gasteiger partial charge in [0, 0.05) is 18.2 Å². The SMILES string of the molecule is COc1cc(C(C)NCCOCc2ccccc2)cc(OC)c1C1CC1.Cl. The van der Waals surface area contributed by atoms with Gasteiger partial charge in [-0.2, -0.15) is 0 Å². The van der Waals surface area contributed by atoms with Crippen molar-refractivity contribution in [2.24, 2.45) is 0 Å². The molecule has 4 nitrogen and oxygen atoms in total. The summed E-state index contributed by atoms with van der Waals surface area (Å²) in [5.41, 5.74) is 3.59. The van der Waals surface area contributed by atoms with Gasteiger partial charge < -0.3 is 19.5 Å². The van der Waals surface area contributed by atoms with E-state index in [1.54, 1.807) is 14.2 Å². The Balaban J connectivity index is 0.00000261. The first-order chi connectivity index (χ1) is 12.7. The molecule has 0 saturated heterocycles. The number of hydrogen-bond acceptors (Lipinski definition) is 4. The number of benzene rings is 2. The van der Waals surface area contributed by atoms with Gasteiger partial charge in [-0.3, -0.25) is 0 Å². The van der Waals surface area contributed by atoms with E-state index in [1.807, 2.05) is 18.2 Å². The van der Waals surface area contributed by atoms with Crippen molar-refractivity contribution in [3.63, 3.8) is 0 Å². The van der Waals surface area contributed by atoms with Crippen molar-refractivity contribution in [1.29, 1.82) is 0 Å². The van der Waals surface area contributed by atoms with Crippen LogP contribution in [0.1, 0.15) is 48.4 Å². The standard InChI is InChI=1S/C22H29NO3.ClH/c1-16(23-11-12-26-15-17-7-5-4-6-8-17)19-13-20(24-2)22(18-9-10-18)21(14-19)25-3;/h4-8,13-14,16,18,23H,9-12,15H2,1-3H3;1H. The Kier molecular flexibility index (Phi) is 8.42. The molecule has 5 heteroatoms. The highest BCUT2D eigenvalue weighted by atomic mass is 35.5. The second-order valence-electron chi connectivity index (χ2n) is 6.83. The Morgan fingerprint density at radius 1 is 1.04 bits per heavy atom. The quantitative estimate of drug-likeness (QED) is 0.586. The van der Waals surface area contributed by atoms with Crippen LogP contribution in [0.4, 0.5) is 0 Å². The van der Waals surface area contributed by atoms with Gasteiger partial charge in [0.05, 0.1) is 27.4 Å². The smallest absolute Gasteiger partial charge is 0.126 e. The van der Waals surface area contributed by atoms with Gasteiger partial charge in [-0.25, -0.2) is 0 Å². The molecule has 3 rings (SSSR count). The molecule has 1 aliphatic rings. The van der Waals surface area contributed by atoms with Gasteiger partial charge >= 0.3 is 0 Å². The average molecular weight is 392 g/mol. The first-order valence-corrected chi connectivity index (χ1v) is 9.33. The van der Waals surface area contributed by atoms with E-state index in [2.05, 4.69) is 36.5 Å². The van der Waals surface area contributed by atoms with Crippen LogP contribution in [0.5, 0.6) is 11.5 Å². The lowest BCUT2D eigenvalue weighted by atomic mass is 10.0. The molecule has 1 fully saturated rings. The Hall–Kier alpha value is -1.75. The van der Waals surface area contributed by atoms with Crippen LogP contribution < -0.4 is 14.8 Å². The Labute approximate surface area is 168 Å². The maximum Gasteiger partial charge on any atom is 0.126 e. The van der Waals surface area contributed by atoms with Crippen LogP contribution in [0.25, 0.3) is 0 Å². The molecular weight excluding hydrogens is 362 g/mol. The van der Waals surface area contributed by atoms with Gasteiger partial charge in [-0.1, -0.05) is 30.3 Å². The van der Waals surface area contributed by atoms with Crippen LogP contribution >= 0.6 is 12.4 Å². The number of nitrogens with one attached hydrogen (secondary N) is 1. The maximum atomic E-state index is 5.74. The normalized spacial score (nSPS) is 14.3. The zero-order valence-electron chi connectivity index (χ0n) is 16.4. The third kappa shape index (κ3) is 5.86. The Bertz CT molecular complexity index is 679. The van der Waals surface area contributed by atoms with Crippen molar-refractivity contribution < 1.29 is 14.2 Å². The van der Waals surface area contributed by atoms with Crippen molar-refractivity contribution >= 4 is 12.4 Å². The molecule has 2 aromatic rings. The predicted molar refractivity (Wildman–Crippen MR) is 111 cm³/mol. The van der Waals surface area contributed by atoms with E-state index in [9.17, 15) is 0 Å². The molecule has 1 atom stereocenters. The summed E-state index contributed by atoms with van der Waals surface area (Å²) in [5.74, 6) is 2.47. The molecule has 1 unspecified atom stereocenters. The molecule has 1 saturated carbocycles. The zero-order chi connectivity index (χ0) is 18.4. The van der Waals surface area contributed by atoms with Crippen molar-refractivity contribution in [3.8, 4) is 11.5 Å². The summed E-state index contributed by atoms with van der Waals surface area (Å²) >= 11 is 0. The largest absolute Gasteiger partial charge is 0.496 e. The third-order valence-electron chi connectivity index (χ3n) is 4.86. The molecule has 2 aromatic carbocycles. The molecule has 148 valence electrons. The van der Waals surface area contributed by atoms with Gasteiger partial charge in [0.15, 0.2) is 0 Å². The van der Waals surface area contributed by atoms with Crippen molar-refractivity contribution in [3.05, 3.63) is 59.2 Å². The van der Waals surface area contributed by atoms with Gasteiger partial charge in [0.2, 0.25) is 0 Å². The molecule has 27 heavy (non-hydrogen) atoms. The molecule has 0 radical (unpaired) electrons. The third-order valence-corrected chi connectivity index (χ3v) is 4.86. The fraction of sp³-hybridized carbons (Fsp3) is 0.455. The van der Waals surface area contributed by atoms with Crippen LogP contribution in [0.2, 0.25) is 0 Å². The first kappa shape index (κ1) is 21.5. The monoisotopic (exact) mass is 391 g/mol. The lowest BCUT2D eigenvalue weighted by molar-refractivity contribution is 0.121. The van der Waals surface area contributed by atoms with E-state index in [0.29, 0.717) is 19.1 Å². The topological polar surface area (TPSA) is 39.7 Å². The van der Waals surface area contributed by atoms with Crippen LogP contribution in [0, 0.1) is 0 Å². The van der Waals surface area contributed by atoms with Gasteiger partial charge in [0.25, 0.3) is 0 Å². The molecule has 0 amide bonds. The highest BCUT2D eigenvalue weighted by Gasteiger charge is 2.31. The summed E-state index contributed by atoms with van der Waals surface area (Å²) in [7, 11) is 3.47. The molecule has 0 heterocycles. The molecule has 0 aliphatic heterocycles. The van der Waals surface area contributed by atoms with E-state index < -0.39 is 0 Å². The number of hydrogen-bond donors (Lipinski definition) is 1. The minimum atomic E-state index is 0. The van der Waals surface area contributed by atoms with Crippen LogP contribution in [-0.2, 0) is 11.3 Å². The molecule has 0 bridgehead atoms. The predicted octanol–water partition coefficient (Wildman–Crippen LogP) is 4.87. The minimum Gasteiger partial charge on any atom is -0.496 e. The molecular formula is C22H30ClNO3. The highest BCUT2D eigenvalue weighted by molar-refractivity contribution is 5.85. The molecule has 1 N–H and O–H groups in total. The number of halogens is 1. The summed E-state index contributed by atoms with van der Waals surface area (Å²) in [5, 5.41) is 3.52. The van der Waals surface area contributed by atoms with E-state index >= 15 is 0 Å². The van der Waals surface area contributed by atoms with Gasteiger partial charge in [0.1, 0.15) is 11.5 Å². The van der Waals surface area contributed by atoms with Gasteiger partial charge in [-0.15, -0.1) is 12.4 Å². The highest BCUT2D eigenvalue weighted by Crippen LogP contribution is 2.49. The van der Waals surface area contributed by atoms with E-state index in [1.165, 1.54) is 29.5 Å². The molecule has 0 spiro atoms. The zero-order valence-corrected chi connectivity index (χ0v) is 17.2. The lowest BCUT2D eigenvalue weighted by Crippen LogP contribution is -2.23. The number of ether oxygens (including phenoxy) is 3. The number of methoxy groups -OCH3 is 2. The minimum absolute atomic E-state index is 0. The molecule has 1 aliphatic carbocycles. The van der Waals surface area contributed by atoms with E-state index in [-0.39, 0.29) is 18.4 Å². The van der Waals surface area contributed by atoms with Crippen LogP contribution in [0.15, 0.2) is 42.5 Å². The summed E-state index contributed by atoms with van der Waals surface area (Å²) in [6.07, 6.45) is 2.44. The Morgan fingerprint density at radius 3 is 2.22 bits per heavy atom. The fourth-order valence-electron chi connectivity index (χ4n) is 3.21. The van der Waals surface area contributed by atoms with Crippen LogP contribution in [-0.4, -0.2) is 27.4 Å². The van der Waals surface area contributed by atoms with E-state index in [0.717, 1.165) is 18.0 Å². The van der Waals surface area contributed by atoms with Crippen molar-refractivity contribution in [1.82, 2.24) is 5.32 Å². The maximum absolute atomic E-state index is 5.74. The lowest BCUT2D eigenvalue weighted by Gasteiger charge is -2.19. The van der Waals surface area contributed by atoms with Crippen molar-refractivity contribution in [2.45, 2.75) is 38.3 Å².